The summed E-state index contributed by atoms with van der Waals surface area (Å²) in [7, 11) is 0. The van der Waals surface area contributed by atoms with E-state index in [4.69, 9.17) is 0 Å². The highest BCUT2D eigenvalue weighted by atomic mass is 15.2. The zero-order valence-corrected chi connectivity index (χ0v) is 8.15. The Morgan fingerprint density at radius 2 is 2.00 bits per heavy atom. The van der Waals surface area contributed by atoms with Gasteiger partial charge in [-0.25, -0.2) is 9.50 Å². The van der Waals surface area contributed by atoms with Crippen molar-refractivity contribution in [1.29, 1.82) is 0 Å². The summed E-state index contributed by atoms with van der Waals surface area (Å²) in [5.74, 6) is 0. The summed E-state index contributed by atoms with van der Waals surface area (Å²) in [5.41, 5.74) is 2.21. The maximum atomic E-state index is 4.46. The summed E-state index contributed by atoms with van der Waals surface area (Å²) < 4.78 is 1.81. The maximum Gasteiger partial charge on any atom is 0.117 e. The molecule has 0 aliphatic heterocycles. The molecule has 0 N–H and O–H groups in total. The average molecular weight is 175 g/mol. The Kier molecular flexibility index (Phi) is 1.62. The molecule has 0 atom stereocenters. The molecule has 2 aromatic heterocycles. The van der Waals surface area contributed by atoms with Gasteiger partial charge in [-0.05, 0) is 12.1 Å². The summed E-state index contributed by atoms with van der Waals surface area (Å²) in [6.45, 7) is 6.45. The van der Waals surface area contributed by atoms with Crippen molar-refractivity contribution in [3.63, 3.8) is 0 Å². The summed E-state index contributed by atoms with van der Waals surface area (Å²) in [6, 6.07) is 4.09. The van der Waals surface area contributed by atoms with E-state index < -0.39 is 0 Å². The smallest absolute Gasteiger partial charge is 0.117 e. The minimum atomic E-state index is 0.0957. The Balaban J connectivity index is 2.61. The largest absolute Gasteiger partial charge is 0.243 e. The van der Waals surface area contributed by atoms with Crippen LogP contribution in [-0.4, -0.2) is 14.6 Å². The van der Waals surface area contributed by atoms with Gasteiger partial charge in [-0.15, -0.1) is 0 Å². The number of nitrogens with zero attached hydrogens (tertiary/aromatic N) is 3. The average Bonchev–Trinajstić information content (AvgIpc) is 2.47. The van der Waals surface area contributed by atoms with Gasteiger partial charge in [0.05, 0.1) is 17.4 Å². The third kappa shape index (κ3) is 1.41. The highest BCUT2D eigenvalue weighted by molar-refractivity contribution is 5.43. The van der Waals surface area contributed by atoms with Gasteiger partial charge in [-0.2, -0.15) is 5.10 Å². The third-order valence-electron chi connectivity index (χ3n) is 2.04. The van der Waals surface area contributed by atoms with Gasteiger partial charge in [0.15, 0.2) is 0 Å². The van der Waals surface area contributed by atoms with Crippen molar-refractivity contribution in [2.24, 2.45) is 0 Å². The molecule has 3 heteroatoms. The lowest BCUT2D eigenvalue weighted by molar-refractivity contribution is 0.554. The second kappa shape index (κ2) is 2.55. The molecule has 2 heterocycles. The second-order valence-electron chi connectivity index (χ2n) is 4.23. The normalized spacial score (nSPS) is 12.2. The molecule has 0 saturated heterocycles. The van der Waals surface area contributed by atoms with Crippen molar-refractivity contribution in [2.75, 3.05) is 0 Å². The van der Waals surface area contributed by atoms with Crippen LogP contribution in [0.2, 0.25) is 0 Å². The lowest BCUT2D eigenvalue weighted by atomic mass is 9.92. The van der Waals surface area contributed by atoms with Gasteiger partial charge >= 0.3 is 0 Å². The first kappa shape index (κ1) is 8.23. The number of imidazole rings is 1. The molecule has 0 amide bonds. The van der Waals surface area contributed by atoms with Crippen molar-refractivity contribution in [3.8, 4) is 0 Å². The van der Waals surface area contributed by atoms with Crippen LogP contribution in [0.1, 0.15) is 26.5 Å². The second-order valence-corrected chi connectivity index (χ2v) is 4.23. The Bertz CT molecular complexity index is 423. The Morgan fingerprint density at radius 3 is 2.69 bits per heavy atom. The van der Waals surface area contributed by atoms with Crippen molar-refractivity contribution in [1.82, 2.24) is 14.6 Å². The first-order chi connectivity index (χ1) is 6.07. The molecule has 0 fully saturated rings. The van der Waals surface area contributed by atoms with E-state index in [-0.39, 0.29) is 5.41 Å². The quantitative estimate of drug-likeness (QED) is 0.613. The van der Waals surface area contributed by atoms with Crippen LogP contribution in [0, 0.1) is 0 Å². The molecule has 0 aromatic carbocycles. The minimum absolute atomic E-state index is 0.0957. The zero-order valence-electron chi connectivity index (χ0n) is 8.15. The summed E-state index contributed by atoms with van der Waals surface area (Å²) >= 11 is 0. The number of fused-ring (bicyclic) bond motifs is 1. The van der Waals surface area contributed by atoms with Gasteiger partial charge in [0, 0.05) is 5.41 Å². The molecule has 2 aromatic rings. The van der Waals surface area contributed by atoms with Crippen molar-refractivity contribution >= 4 is 5.52 Å². The zero-order chi connectivity index (χ0) is 9.47. The fourth-order valence-electron chi connectivity index (χ4n) is 1.22. The van der Waals surface area contributed by atoms with Crippen LogP contribution >= 0.6 is 0 Å². The lowest BCUT2D eigenvalue weighted by Crippen LogP contribution is -2.14. The SMILES string of the molecule is CC(C)(C)c1ccc2cncn2n1. The van der Waals surface area contributed by atoms with Crippen molar-refractivity contribution in [3.05, 3.63) is 30.4 Å². The molecule has 13 heavy (non-hydrogen) atoms. The number of hydrogen-bond acceptors (Lipinski definition) is 2. The maximum absolute atomic E-state index is 4.46. The highest BCUT2D eigenvalue weighted by Gasteiger charge is 2.15. The molecule has 68 valence electrons. The van der Waals surface area contributed by atoms with Crippen molar-refractivity contribution in [2.45, 2.75) is 26.2 Å². The molecule has 0 radical (unpaired) electrons. The first-order valence-corrected chi connectivity index (χ1v) is 4.37. The van der Waals surface area contributed by atoms with E-state index in [1.165, 1.54) is 0 Å². The topological polar surface area (TPSA) is 30.2 Å². The van der Waals surface area contributed by atoms with Crippen LogP contribution in [0.15, 0.2) is 24.7 Å². The molecule has 0 spiro atoms. The minimum Gasteiger partial charge on any atom is -0.243 e. The first-order valence-electron chi connectivity index (χ1n) is 4.37. The third-order valence-corrected chi connectivity index (χ3v) is 2.04. The molecule has 0 aliphatic carbocycles. The van der Waals surface area contributed by atoms with Crippen molar-refractivity contribution < 1.29 is 0 Å². The fourth-order valence-corrected chi connectivity index (χ4v) is 1.22. The molecule has 0 bridgehead atoms. The highest BCUT2D eigenvalue weighted by Crippen LogP contribution is 2.19. The summed E-state index contributed by atoms with van der Waals surface area (Å²) in [6.07, 6.45) is 3.53. The van der Waals surface area contributed by atoms with E-state index in [1.54, 1.807) is 17.0 Å². The molecule has 0 aliphatic rings. The number of aromatic nitrogens is 3. The van der Waals surface area contributed by atoms with Gasteiger partial charge in [0.25, 0.3) is 0 Å². The van der Waals surface area contributed by atoms with E-state index in [0.717, 1.165) is 11.2 Å². The number of hydrogen-bond donors (Lipinski definition) is 0. The molecule has 0 saturated carbocycles. The predicted molar refractivity (Wildman–Crippen MR) is 51.7 cm³/mol. The van der Waals surface area contributed by atoms with Crippen LogP contribution < -0.4 is 0 Å². The van der Waals surface area contributed by atoms with Gasteiger partial charge in [0.1, 0.15) is 6.33 Å². The predicted octanol–water partition coefficient (Wildman–Crippen LogP) is 2.03. The Hall–Kier alpha value is -1.38. The summed E-state index contributed by atoms with van der Waals surface area (Å²) in [4.78, 5) is 4.02. The van der Waals surface area contributed by atoms with E-state index in [0.29, 0.717) is 0 Å². The monoisotopic (exact) mass is 175 g/mol. The molecule has 0 unspecified atom stereocenters. The van der Waals surface area contributed by atoms with E-state index in [9.17, 15) is 0 Å². The molecule has 2 rings (SSSR count). The standard InChI is InChI=1S/C10H13N3/c1-10(2,3)9-5-4-8-6-11-7-13(8)12-9/h4-7H,1-3H3. The Morgan fingerprint density at radius 1 is 1.23 bits per heavy atom. The van der Waals surface area contributed by atoms with Crippen LogP contribution in [-0.2, 0) is 5.41 Å². The molecule has 3 nitrogen and oxygen atoms in total. The van der Waals surface area contributed by atoms with Crippen LogP contribution in [0.25, 0.3) is 5.52 Å². The molecular weight excluding hydrogens is 162 g/mol. The van der Waals surface area contributed by atoms with E-state index >= 15 is 0 Å². The van der Waals surface area contributed by atoms with Gasteiger partial charge in [-0.3, -0.25) is 0 Å². The van der Waals surface area contributed by atoms with Gasteiger partial charge < -0.3 is 0 Å². The fraction of sp³-hybridized carbons (Fsp3) is 0.400. The van der Waals surface area contributed by atoms with Crippen LogP contribution in [0.5, 0.6) is 0 Å². The van der Waals surface area contributed by atoms with Gasteiger partial charge in [-0.1, -0.05) is 20.8 Å². The molecular formula is C10H13N3. The summed E-state index contributed by atoms with van der Waals surface area (Å²) in [5, 5.41) is 4.46. The van der Waals surface area contributed by atoms with Gasteiger partial charge in [0.2, 0.25) is 0 Å². The van der Waals surface area contributed by atoms with Crippen LogP contribution in [0.4, 0.5) is 0 Å². The Labute approximate surface area is 77.4 Å². The van der Waals surface area contributed by atoms with Crippen LogP contribution in [0.3, 0.4) is 0 Å². The van der Waals surface area contributed by atoms with E-state index in [1.807, 2.05) is 6.07 Å². The van der Waals surface area contributed by atoms with E-state index in [2.05, 4.69) is 36.9 Å². The lowest BCUT2D eigenvalue weighted by Gasteiger charge is -2.16. The number of rotatable bonds is 0.